The molecule has 1 aromatic heterocycles. The van der Waals surface area contributed by atoms with Crippen molar-refractivity contribution in [2.45, 2.75) is 32.2 Å². The predicted molar refractivity (Wildman–Crippen MR) is 142 cm³/mol. The van der Waals surface area contributed by atoms with E-state index in [0.717, 1.165) is 0 Å². The summed E-state index contributed by atoms with van der Waals surface area (Å²) in [6.07, 6.45) is 1.46. The normalized spacial score (nSPS) is 14.9. The minimum Gasteiger partial charge on any atom is -0.494 e. The lowest BCUT2D eigenvalue weighted by Crippen LogP contribution is -2.24. The number of sulfonamides is 1. The number of anilines is 1. The fraction of sp³-hybridized carbons (Fsp3) is 0.214. The van der Waals surface area contributed by atoms with E-state index in [2.05, 4.69) is 4.72 Å². The summed E-state index contributed by atoms with van der Waals surface area (Å²) in [5.41, 5.74) is 1.23. The Bertz CT molecular complexity index is 1490. The number of ether oxygens (including phenoxy) is 2. The van der Waals surface area contributed by atoms with Crippen LogP contribution in [-0.2, 0) is 30.9 Å². The third-order valence-corrected chi connectivity index (χ3v) is 7.16. The summed E-state index contributed by atoms with van der Waals surface area (Å²) in [5, 5.41) is 0. The van der Waals surface area contributed by atoms with Gasteiger partial charge in [-0.15, -0.1) is 0 Å². The summed E-state index contributed by atoms with van der Waals surface area (Å²) < 4.78 is 44.0. The summed E-state index contributed by atoms with van der Waals surface area (Å²) in [6.45, 7) is 5.81. The zero-order chi connectivity index (χ0) is 27.3. The molecule has 0 atom stereocenters. The van der Waals surface area contributed by atoms with Gasteiger partial charge in [0.2, 0.25) is 10.0 Å². The van der Waals surface area contributed by atoms with Gasteiger partial charge in [0.15, 0.2) is 0 Å². The minimum absolute atomic E-state index is 0.0910. The second-order valence-corrected chi connectivity index (χ2v) is 10.0. The number of furan rings is 1. The van der Waals surface area contributed by atoms with E-state index in [1.165, 1.54) is 23.1 Å². The number of carbonyl (C=O) groups is 2. The maximum Gasteiger partial charge on any atom is 0.340 e. The summed E-state index contributed by atoms with van der Waals surface area (Å²) in [5.74, 6) is 0.240. The number of hydrogen-bond acceptors (Lipinski definition) is 7. The van der Waals surface area contributed by atoms with Gasteiger partial charge >= 0.3 is 5.97 Å². The summed E-state index contributed by atoms with van der Waals surface area (Å²) in [7, 11) is -3.72. The number of esters is 1. The van der Waals surface area contributed by atoms with E-state index in [9.17, 15) is 18.0 Å². The number of carbonyl (C=O) groups excluding carboxylic acids is 2. The molecule has 198 valence electrons. The summed E-state index contributed by atoms with van der Waals surface area (Å²) in [4.78, 5) is 27.9. The lowest BCUT2D eigenvalue weighted by atomic mass is 10.1. The molecule has 1 N–H and O–H groups in total. The van der Waals surface area contributed by atoms with Crippen LogP contribution in [0.3, 0.4) is 0 Å². The number of nitrogens with zero attached hydrogens (tertiary/aromatic N) is 1. The van der Waals surface area contributed by atoms with Crippen LogP contribution in [0.25, 0.3) is 6.08 Å². The number of nitrogens with one attached hydrogen (secondary N) is 1. The molecule has 0 fully saturated rings. The predicted octanol–water partition coefficient (Wildman–Crippen LogP) is 4.42. The van der Waals surface area contributed by atoms with Crippen LogP contribution in [0.2, 0.25) is 0 Å². The van der Waals surface area contributed by atoms with Gasteiger partial charge in [-0.05, 0) is 75.4 Å². The third-order valence-electron chi connectivity index (χ3n) is 5.74. The second kappa shape index (κ2) is 11.5. The Hall–Kier alpha value is -4.15. The van der Waals surface area contributed by atoms with Crippen molar-refractivity contribution < 1.29 is 31.9 Å². The number of rotatable bonds is 10. The molecule has 4 rings (SSSR count). The average molecular weight is 537 g/mol. The van der Waals surface area contributed by atoms with Crippen LogP contribution < -0.4 is 14.4 Å². The molecule has 3 aromatic rings. The smallest absolute Gasteiger partial charge is 0.340 e. The zero-order valence-corrected chi connectivity index (χ0v) is 22.1. The van der Waals surface area contributed by atoms with Gasteiger partial charge in [-0.25, -0.2) is 17.9 Å². The molecule has 0 saturated carbocycles. The van der Waals surface area contributed by atoms with Crippen molar-refractivity contribution in [1.82, 2.24) is 4.72 Å². The largest absolute Gasteiger partial charge is 0.494 e. The number of benzene rings is 2. The molecule has 1 amide bonds. The first-order chi connectivity index (χ1) is 18.2. The van der Waals surface area contributed by atoms with Crippen LogP contribution in [0.15, 0.2) is 92.9 Å². The van der Waals surface area contributed by atoms with Crippen molar-refractivity contribution in [3.8, 4) is 5.75 Å². The molecule has 38 heavy (non-hydrogen) atoms. The molecule has 1 aliphatic heterocycles. The van der Waals surface area contributed by atoms with E-state index >= 15 is 0 Å². The first-order valence-corrected chi connectivity index (χ1v) is 13.5. The van der Waals surface area contributed by atoms with Crippen molar-refractivity contribution in [3.63, 3.8) is 0 Å². The minimum atomic E-state index is -3.72. The van der Waals surface area contributed by atoms with E-state index < -0.39 is 21.9 Å². The molecule has 0 bridgehead atoms. The first-order valence-electron chi connectivity index (χ1n) is 12.1. The molecule has 2 heterocycles. The Balaban J connectivity index is 1.60. The highest BCUT2D eigenvalue weighted by molar-refractivity contribution is 7.89. The number of allylic oxidation sites excluding steroid dienone is 1. The van der Waals surface area contributed by atoms with Crippen molar-refractivity contribution in [2.24, 2.45) is 0 Å². The fourth-order valence-electron chi connectivity index (χ4n) is 4.01. The monoisotopic (exact) mass is 536 g/mol. The van der Waals surface area contributed by atoms with Crippen molar-refractivity contribution in [1.29, 1.82) is 0 Å². The quantitative estimate of drug-likeness (QED) is 0.301. The van der Waals surface area contributed by atoms with E-state index in [1.807, 2.05) is 6.92 Å². The number of amides is 1. The highest BCUT2D eigenvalue weighted by atomic mass is 32.2. The van der Waals surface area contributed by atoms with Crippen LogP contribution in [0.1, 0.15) is 32.3 Å². The highest BCUT2D eigenvalue weighted by Crippen LogP contribution is 2.36. The lowest BCUT2D eigenvalue weighted by molar-refractivity contribution is -0.138. The van der Waals surface area contributed by atoms with Crippen LogP contribution in [0.5, 0.6) is 5.75 Å². The summed E-state index contributed by atoms with van der Waals surface area (Å²) >= 11 is 0. The van der Waals surface area contributed by atoms with E-state index in [4.69, 9.17) is 13.9 Å². The molecule has 2 aromatic carbocycles. The molecule has 0 radical (unpaired) electrons. The van der Waals surface area contributed by atoms with Gasteiger partial charge in [-0.2, -0.15) is 0 Å². The number of hydrogen-bond donors (Lipinski definition) is 1. The molecular formula is C28H28N2O7S. The topological polar surface area (TPSA) is 115 Å². The fourth-order valence-corrected chi connectivity index (χ4v) is 5.02. The van der Waals surface area contributed by atoms with Gasteiger partial charge in [-0.1, -0.05) is 18.2 Å². The Kier molecular flexibility index (Phi) is 8.13. The molecular weight excluding hydrogens is 508 g/mol. The maximum absolute atomic E-state index is 13.5. The van der Waals surface area contributed by atoms with Gasteiger partial charge in [0.25, 0.3) is 5.91 Å². The Morgan fingerprint density at radius 1 is 1.00 bits per heavy atom. The Morgan fingerprint density at radius 2 is 1.71 bits per heavy atom. The molecule has 0 spiro atoms. The van der Waals surface area contributed by atoms with Crippen LogP contribution in [-0.4, -0.2) is 33.5 Å². The van der Waals surface area contributed by atoms with Crippen molar-refractivity contribution in [2.75, 3.05) is 18.1 Å². The van der Waals surface area contributed by atoms with E-state index in [-0.39, 0.29) is 35.0 Å². The van der Waals surface area contributed by atoms with Gasteiger partial charge in [0.1, 0.15) is 17.3 Å². The van der Waals surface area contributed by atoms with Gasteiger partial charge in [-0.3, -0.25) is 9.69 Å². The van der Waals surface area contributed by atoms with E-state index in [1.54, 1.807) is 68.4 Å². The van der Waals surface area contributed by atoms with Crippen LogP contribution in [0, 0.1) is 0 Å². The first kappa shape index (κ1) is 26.9. The lowest BCUT2D eigenvalue weighted by Gasteiger charge is -2.18. The SMILES string of the molecule is CCOC(=O)C1=C(C)N(c2ccc(OCC)cc2)C(=O)/C1=C/c1ccc(CNS(=O)(=O)c2ccccc2)o1. The Morgan fingerprint density at radius 3 is 2.37 bits per heavy atom. The van der Waals surface area contributed by atoms with Crippen molar-refractivity contribution >= 4 is 33.7 Å². The van der Waals surface area contributed by atoms with Crippen LogP contribution in [0.4, 0.5) is 5.69 Å². The van der Waals surface area contributed by atoms with Crippen molar-refractivity contribution in [3.05, 3.63) is 95.1 Å². The summed E-state index contributed by atoms with van der Waals surface area (Å²) in [6, 6.07) is 18.2. The molecule has 0 aliphatic carbocycles. The van der Waals surface area contributed by atoms with Crippen LogP contribution >= 0.6 is 0 Å². The standard InChI is InChI=1S/C28H28N2O7S/c1-4-35-21-13-11-20(12-14-21)30-19(3)26(28(32)36-5-2)25(27(30)31)17-22-15-16-23(37-22)18-29-38(33,34)24-9-7-6-8-10-24/h6-17,29H,4-5,18H2,1-3H3/b25-17+. The van der Waals surface area contributed by atoms with Gasteiger partial charge in [0.05, 0.1) is 35.8 Å². The average Bonchev–Trinajstić information content (AvgIpc) is 3.46. The van der Waals surface area contributed by atoms with E-state index in [0.29, 0.717) is 29.5 Å². The Labute approximate surface area is 221 Å². The zero-order valence-electron chi connectivity index (χ0n) is 21.3. The van der Waals surface area contributed by atoms with Gasteiger partial charge in [0, 0.05) is 11.4 Å². The molecule has 10 heteroatoms. The maximum atomic E-state index is 13.5. The molecule has 9 nitrogen and oxygen atoms in total. The third kappa shape index (κ3) is 5.71. The second-order valence-electron chi connectivity index (χ2n) is 8.25. The molecule has 1 aliphatic rings. The highest BCUT2D eigenvalue weighted by Gasteiger charge is 2.38. The molecule has 0 saturated heterocycles. The van der Waals surface area contributed by atoms with Gasteiger partial charge < -0.3 is 13.9 Å². The molecule has 0 unspecified atom stereocenters.